The monoisotopic (exact) mass is 473 g/mol. The molecule has 0 radical (unpaired) electrons. The van der Waals surface area contributed by atoms with Crippen molar-refractivity contribution in [1.29, 1.82) is 0 Å². The van der Waals surface area contributed by atoms with Gasteiger partial charge in [-0.1, -0.05) is 96.8 Å². The van der Waals surface area contributed by atoms with E-state index in [9.17, 15) is 2.74 Å². The van der Waals surface area contributed by atoms with Crippen LogP contribution in [-0.4, -0.2) is 0 Å². The molecule has 0 aliphatic rings. The van der Waals surface area contributed by atoms with Gasteiger partial charge in [-0.2, -0.15) is 0 Å². The number of furan rings is 2. The lowest BCUT2D eigenvalue weighted by molar-refractivity contribution is 0.616. The molecule has 0 amide bonds. The third kappa shape index (κ3) is 2.61. The molecule has 6 aromatic carbocycles. The summed E-state index contributed by atoms with van der Waals surface area (Å²) in [5.74, 6) is 0. The lowest BCUT2D eigenvalue weighted by Crippen LogP contribution is -1.91. The number of para-hydroxylation sites is 1. The largest absolute Gasteiger partial charge is 0.464 e. The van der Waals surface area contributed by atoms with Gasteiger partial charge in [0.15, 0.2) is 0 Å². The van der Waals surface area contributed by atoms with Crippen LogP contribution in [0.25, 0.3) is 76.7 Å². The topological polar surface area (TPSA) is 26.3 Å². The third-order valence-electron chi connectivity index (χ3n) is 6.47. The number of hydrogen-bond acceptors (Lipinski definition) is 2. The first kappa shape index (κ1) is 10.8. The van der Waals surface area contributed by atoms with Crippen LogP contribution >= 0.6 is 0 Å². The van der Waals surface area contributed by atoms with Crippen LogP contribution < -0.4 is 0 Å². The normalized spacial score (nSPS) is 16.9. The first-order valence-electron chi connectivity index (χ1n) is 17.6. The van der Waals surface area contributed by atoms with Crippen molar-refractivity contribution in [2.75, 3.05) is 0 Å². The Labute approximate surface area is 225 Å². The van der Waals surface area contributed by atoms with Crippen molar-refractivity contribution in [3.8, 4) is 22.3 Å². The molecule has 0 aliphatic heterocycles. The summed E-state index contributed by atoms with van der Waals surface area (Å²) < 4.78 is 126. The molecule has 2 heteroatoms. The van der Waals surface area contributed by atoms with Gasteiger partial charge in [0.05, 0.1) is 24.1 Å². The minimum Gasteiger partial charge on any atom is -0.464 e. The Hall–Kier alpha value is -4.82. The number of fused-ring (bicyclic) bond motifs is 7. The Morgan fingerprint density at radius 2 is 1.19 bits per heavy atom. The van der Waals surface area contributed by atoms with Crippen molar-refractivity contribution in [1.82, 2.24) is 0 Å². The Kier molecular flexibility index (Phi) is 2.21. The SMILES string of the molecule is [2H]c1c([2H])c([2H])c(-c2c3c([2H])c([2H])c([2H])c([2H])c3c(-c3cc4oc5ccccc5c4c4ccoc34)c3c([2H])c([2H])c([2H])c([2H])c23)c([2H])c1[2H]. The maximum atomic E-state index is 9.18. The first-order chi connectivity index (χ1) is 23.3. The highest BCUT2D eigenvalue weighted by Crippen LogP contribution is 2.47. The van der Waals surface area contributed by atoms with E-state index in [2.05, 4.69) is 0 Å². The van der Waals surface area contributed by atoms with E-state index in [0.29, 0.717) is 21.9 Å². The highest BCUT2D eigenvalue weighted by atomic mass is 16.3. The zero-order valence-electron chi connectivity index (χ0n) is 31.4. The standard InChI is InChI=1S/C34H20O2/c1-2-10-21(11-3-1)31-22-12-4-6-14-24(22)32(25-15-7-5-13-23(25)31)28-20-30-33(27-18-19-35-34(27)28)26-16-8-9-17-29(26)36-30/h1-20H/i1D,2D,3D,4D,5D,6D,7D,10D,11D,12D,13D,14D,15D. The second kappa shape index (κ2) is 7.34. The molecule has 36 heavy (non-hydrogen) atoms. The summed E-state index contributed by atoms with van der Waals surface area (Å²) in [6.07, 6.45) is 1.44. The highest BCUT2D eigenvalue weighted by molar-refractivity contribution is 6.27. The fraction of sp³-hybridized carbons (Fsp3) is 0. The molecule has 0 bridgehead atoms. The van der Waals surface area contributed by atoms with Crippen LogP contribution in [0.4, 0.5) is 0 Å². The van der Waals surface area contributed by atoms with Gasteiger partial charge < -0.3 is 8.83 Å². The Morgan fingerprint density at radius 1 is 0.556 bits per heavy atom. The molecular weight excluding hydrogens is 440 g/mol. The summed E-state index contributed by atoms with van der Waals surface area (Å²) >= 11 is 0. The molecule has 0 saturated carbocycles. The predicted octanol–water partition coefficient (Wildman–Crippen LogP) is 9.97. The van der Waals surface area contributed by atoms with Crippen molar-refractivity contribution in [3.63, 3.8) is 0 Å². The van der Waals surface area contributed by atoms with Gasteiger partial charge in [-0.05, 0) is 50.9 Å². The van der Waals surface area contributed by atoms with Crippen molar-refractivity contribution >= 4 is 54.5 Å². The Bertz CT molecular complexity index is 2710. The molecule has 8 aromatic rings. The van der Waals surface area contributed by atoms with Gasteiger partial charge in [0, 0.05) is 27.3 Å². The van der Waals surface area contributed by atoms with Crippen LogP contribution in [0.1, 0.15) is 17.8 Å². The van der Waals surface area contributed by atoms with E-state index < -0.39 is 84.1 Å². The molecule has 0 N–H and O–H groups in total. The Balaban J connectivity index is 1.75. The molecule has 0 spiro atoms. The van der Waals surface area contributed by atoms with Crippen molar-refractivity contribution in [2.24, 2.45) is 0 Å². The number of benzene rings is 6. The van der Waals surface area contributed by atoms with E-state index >= 15 is 0 Å². The van der Waals surface area contributed by atoms with Gasteiger partial charge in [-0.3, -0.25) is 0 Å². The van der Waals surface area contributed by atoms with E-state index in [1.165, 1.54) is 6.26 Å². The van der Waals surface area contributed by atoms with E-state index in [4.69, 9.17) is 23.9 Å². The molecular formula is C34H20O2. The smallest absolute Gasteiger partial charge is 0.142 e. The number of rotatable bonds is 2. The highest BCUT2D eigenvalue weighted by Gasteiger charge is 2.22. The van der Waals surface area contributed by atoms with Crippen molar-refractivity contribution in [3.05, 3.63) is 121 Å². The van der Waals surface area contributed by atoms with Crippen LogP contribution in [0.2, 0.25) is 0 Å². The van der Waals surface area contributed by atoms with Crippen molar-refractivity contribution < 1.29 is 26.7 Å². The average molecular weight is 474 g/mol. The van der Waals surface area contributed by atoms with E-state index in [0.717, 1.165) is 5.39 Å². The van der Waals surface area contributed by atoms with Crippen molar-refractivity contribution in [2.45, 2.75) is 0 Å². The van der Waals surface area contributed by atoms with Gasteiger partial charge in [0.2, 0.25) is 0 Å². The first-order valence-corrected chi connectivity index (χ1v) is 11.1. The fourth-order valence-corrected chi connectivity index (χ4v) is 5.06. The van der Waals surface area contributed by atoms with Gasteiger partial charge in [-0.25, -0.2) is 0 Å². The summed E-state index contributed by atoms with van der Waals surface area (Å²) in [5.41, 5.74) is 0.544. The molecule has 0 fully saturated rings. The maximum absolute atomic E-state index is 9.18. The molecule has 168 valence electrons. The maximum Gasteiger partial charge on any atom is 0.142 e. The second-order valence-electron chi connectivity index (χ2n) is 8.31. The molecule has 0 aliphatic carbocycles. The van der Waals surface area contributed by atoms with E-state index in [-0.39, 0.29) is 43.8 Å². The zero-order chi connectivity index (χ0) is 35.0. The molecule has 8 rings (SSSR count). The quantitative estimate of drug-likeness (QED) is 0.233. The molecule has 2 nitrogen and oxygen atoms in total. The average Bonchev–Trinajstić information content (AvgIpc) is 3.73. The molecule has 2 aromatic heterocycles. The summed E-state index contributed by atoms with van der Waals surface area (Å²) in [6.45, 7) is 0. The van der Waals surface area contributed by atoms with Crippen LogP contribution in [0, 0.1) is 0 Å². The van der Waals surface area contributed by atoms with E-state index in [1.54, 1.807) is 18.2 Å². The second-order valence-corrected chi connectivity index (χ2v) is 8.31. The minimum absolute atomic E-state index is 0.0255. The summed E-state index contributed by atoms with van der Waals surface area (Å²) in [7, 11) is 0. The van der Waals surface area contributed by atoms with E-state index in [1.807, 2.05) is 18.2 Å². The van der Waals surface area contributed by atoms with Gasteiger partial charge in [0.25, 0.3) is 0 Å². The molecule has 0 unspecified atom stereocenters. The van der Waals surface area contributed by atoms with Gasteiger partial charge in [-0.15, -0.1) is 0 Å². The number of hydrogen-bond donors (Lipinski definition) is 0. The van der Waals surface area contributed by atoms with Crippen LogP contribution in [0.3, 0.4) is 0 Å². The molecule has 0 atom stereocenters. The summed E-state index contributed by atoms with van der Waals surface area (Å²) in [6, 6.07) is 1.98. The summed E-state index contributed by atoms with van der Waals surface area (Å²) in [4.78, 5) is 0. The predicted molar refractivity (Wildman–Crippen MR) is 149 cm³/mol. The molecule has 0 saturated heterocycles. The van der Waals surface area contributed by atoms with Gasteiger partial charge >= 0.3 is 0 Å². The van der Waals surface area contributed by atoms with Crippen LogP contribution in [0.15, 0.2) is 130 Å². The van der Waals surface area contributed by atoms with Crippen LogP contribution in [0.5, 0.6) is 0 Å². The minimum atomic E-state index is -0.726. The summed E-state index contributed by atoms with van der Waals surface area (Å²) in [5, 5.41) is 1.09. The van der Waals surface area contributed by atoms with Crippen LogP contribution in [-0.2, 0) is 0 Å². The third-order valence-corrected chi connectivity index (χ3v) is 6.47. The lowest BCUT2D eigenvalue weighted by Gasteiger charge is -2.17. The molecule has 2 heterocycles. The zero-order valence-corrected chi connectivity index (χ0v) is 18.4. The Morgan fingerprint density at radius 3 is 1.92 bits per heavy atom. The fourth-order valence-electron chi connectivity index (χ4n) is 5.06. The van der Waals surface area contributed by atoms with Gasteiger partial charge in [0.1, 0.15) is 16.7 Å². The lowest BCUT2D eigenvalue weighted by atomic mass is 9.85.